The van der Waals surface area contributed by atoms with Gasteiger partial charge in [-0.3, -0.25) is 14.3 Å². The van der Waals surface area contributed by atoms with Crippen LogP contribution in [0.3, 0.4) is 0 Å². The van der Waals surface area contributed by atoms with Gasteiger partial charge in [0.05, 0.1) is 24.6 Å². The zero-order valence-corrected chi connectivity index (χ0v) is 30.3. The van der Waals surface area contributed by atoms with Crippen molar-refractivity contribution in [2.24, 2.45) is 0 Å². The monoisotopic (exact) mass is 728 g/mol. The van der Waals surface area contributed by atoms with Crippen LogP contribution in [0.25, 0.3) is 0 Å². The molecule has 1 amide bonds. The fourth-order valence-corrected chi connectivity index (χ4v) is 7.74. The Hall–Kier alpha value is -6.00. The number of aromatic nitrogens is 1. The van der Waals surface area contributed by atoms with E-state index in [1.807, 2.05) is 146 Å². The summed E-state index contributed by atoms with van der Waals surface area (Å²) in [6.45, 7) is 2.82. The Labute approximate surface area is 312 Å². The summed E-state index contributed by atoms with van der Waals surface area (Å²) in [4.78, 5) is 28.6. The molecule has 1 fully saturated rings. The lowest BCUT2D eigenvalue weighted by atomic mass is 9.76. The molecule has 1 aromatic heterocycles. The van der Waals surface area contributed by atoms with Gasteiger partial charge in [0.1, 0.15) is 36.0 Å². The van der Waals surface area contributed by atoms with Crippen molar-refractivity contribution in [3.63, 3.8) is 0 Å². The maximum Gasteiger partial charge on any atom is 0.410 e. The molecule has 2 heterocycles. The molecule has 0 radical (unpaired) electrons. The van der Waals surface area contributed by atoms with Gasteiger partial charge in [-0.25, -0.2) is 4.79 Å². The second kappa shape index (κ2) is 15.7. The molecule has 2 atom stereocenters. The zero-order valence-electron chi connectivity index (χ0n) is 29.5. The van der Waals surface area contributed by atoms with Crippen molar-refractivity contribution in [1.29, 1.82) is 0 Å². The molecule has 0 saturated carbocycles. The Morgan fingerprint density at radius 2 is 1.26 bits per heavy atom. The van der Waals surface area contributed by atoms with Gasteiger partial charge in [-0.2, -0.15) is 0 Å². The molecule has 5 aromatic carbocycles. The summed E-state index contributed by atoms with van der Waals surface area (Å²) in [5.74, 6) is 1.97. The minimum atomic E-state index is -1.11. The van der Waals surface area contributed by atoms with Crippen molar-refractivity contribution in [2.45, 2.75) is 31.0 Å². The topological polar surface area (TPSA) is 99.5 Å². The fourth-order valence-electron chi connectivity index (χ4n) is 6.79. The summed E-state index contributed by atoms with van der Waals surface area (Å²) < 4.78 is 24.1. The summed E-state index contributed by atoms with van der Waals surface area (Å²) in [7, 11) is 1.61. The minimum absolute atomic E-state index is 0.0732. The Bertz CT molecular complexity index is 2070. The lowest BCUT2D eigenvalue weighted by molar-refractivity contribution is 0.100. The number of aromatic hydroxyl groups is 1. The number of carbonyl (C=O) groups is 1. The maximum atomic E-state index is 14.0. The number of ether oxygens (including phenoxy) is 4. The van der Waals surface area contributed by atoms with Crippen LogP contribution in [0.5, 0.6) is 23.1 Å². The molecule has 1 saturated heterocycles. The van der Waals surface area contributed by atoms with Gasteiger partial charge >= 0.3 is 11.0 Å². The van der Waals surface area contributed by atoms with Crippen molar-refractivity contribution >= 4 is 17.4 Å². The first kappa shape index (κ1) is 35.4. The zero-order chi connectivity index (χ0) is 36.8. The van der Waals surface area contributed by atoms with E-state index in [-0.39, 0.29) is 30.0 Å². The van der Waals surface area contributed by atoms with Crippen molar-refractivity contribution in [2.75, 3.05) is 26.9 Å². The van der Waals surface area contributed by atoms with Crippen LogP contribution < -0.4 is 19.1 Å². The minimum Gasteiger partial charge on any atom is -0.497 e. The molecule has 1 aliphatic rings. The number of hydrogen-bond acceptors (Lipinski definition) is 8. The number of amides is 1. The number of hydrogen-bond donors (Lipinski definition) is 1. The summed E-state index contributed by atoms with van der Waals surface area (Å²) in [6.07, 6.45) is -0.448. The number of carbonyl (C=O) groups excluding carboxylic acids is 1. The van der Waals surface area contributed by atoms with Crippen molar-refractivity contribution < 1.29 is 28.8 Å². The third kappa shape index (κ3) is 7.36. The Morgan fingerprint density at radius 3 is 1.81 bits per heavy atom. The molecule has 0 bridgehead atoms. The molecule has 2 unspecified atom stereocenters. The number of nitrogens with zero attached hydrogens (tertiary/aromatic N) is 2. The first-order chi connectivity index (χ1) is 25.9. The predicted molar refractivity (Wildman–Crippen MR) is 205 cm³/mol. The van der Waals surface area contributed by atoms with Gasteiger partial charge in [0.25, 0.3) is 0 Å². The molecule has 6 aromatic rings. The second-order valence-electron chi connectivity index (χ2n) is 12.9. The Kier molecular flexibility index (Phi) is 10.5. The van der Waals surface area contributed by atoms with Crippen molar-refractivity contribution in [3.05, 3.63) is 176 Å². The van der Waals surface area contributed by atoms with E-state index < -0.39 is 17.7 Å². The molecule has 0 spiro atoms. The van der Waals surface area contributed by atoms with E-state index >= 15 is 0 Å². The number of benzene rings is 5. The van der Waals surface area contributed by atoms with Gasteiger partial charge in [0.2, 0.25) is 5.88 Å². The molecule has 1 aliphatic heterocycles. The van der Waals surface area contributed by atoms with Gasteiger partial charge < -0.3 is 24.1 Å². The number of thiazole rings is 1. The van der Waals surface area contributed by atoms with Gasteiger partial charge in [-0.15, -0.1) is 0 Å². The van der Waals surface area contributed by atoms with Gasteiger partial charge in [-0.05, 0) is 65.6 Å². The lowest BCUT2D eigenvalue weighted by Gasteiger charge is -2.37. The van der Waals surface area contributed by atoms with Gasteiger partial charge in [0, 0.05) is 6.42 Å². The SMILES string of the molecule is COc1ccc(OCC2CN(C(C)COc3ccc(Cc4sc(=O)n(C(c5ccccc5)(c5ccccc5)c5ccccc5)c4O)cc3)C(=O)O2)cc1. The van der Waals surface area contributed by atoms with Crippen LogP contribution in [0.15, 0.2) is 144 Å². The highest BCUT2D eigenvalue weighted by atomic mass is 32.1. The highest BCUT2D eigenvalue weighted by molar-refractivity contribution is 7.09. The van der Waals surface area contributed by atoms with E-state index in [0.717, 1.165) is 39.3 Å². The van der Waals surface area contributed by atoms with Crippen LogP contribution in [0, 0.1) is 0 Å². The fraction of sp³-hybridized carbons (Fsp3) is 0.209. The highest BCUT2D eigenvalue weighted by Crippen LogP contribution is 2.43. The van der Waals surface area contributed by atoms with Crippen LogP contribution >= 0.6 is 11.3 Å². The van der Waals surface area contributed by atoms with Crippen molar-refractivity contribution in [3.8, 4) is 23.1 Å². The van der Waals surface area contributed by atoms with E-state index in [0.29, 0.717) is 29.3 Å². The predicted octanol–water partition coefficient (Wildman–Crippen LogP) is 7.72. The van der Waals surface area contributed by atoms with Crippen molar-refractivity contribution in [1.82, 2.24) is 9.47 Å². The first-order valence-corrected chi connectivity index (χ1v) is 18.2. The molecule has 53 heavy (non-hydrogen) atoms. The molecule has 10 heteroatoms. The first-order valence-electron chi connectivity index (χ1n) is 17.4. The van der Waals surface area contributed by atoms with Gasteiger partial charge in [0.15, 0.2) is 6.10 Å². The summed E-state index contributed by atoms with van der Waals surface area (Å²) >= 11 is 1.05. The quantitative estimate of drug-likeness (QED) is 0.115. The average Bonchev–Trinajstić information content (AvgIpc) is 3.72. The second-order valence-corrected chi connectivity index (χ2v) is 13.9. The van der Waals surface area contributed by atoms with Crippen LogP contribution in [0.1, 0.15) is 34.1 Å². The average molecular weight is 729 g/mol. The van der Waals surface area contributed by atoms with E-state index in [2.05, 4.69) is 0 Å². The molecule has 0 aliphatic carbocycles. The molecule has 7 rings (SSSR count). The van der Waals surface area contributed by atoms with E-state index in [4.69, 9.17) is 18.9 Å². The summed E-state index contributed by atoms with van der Waals surface area (Å²) in [5, 5.41) is 11.9. The molecular weight excluding hydrogens is 689 g/mol. The maximum absolute atomic E-state index is 14.0. The summed E-state index contributed by atoms with van der Waals surface area (Å²) in [6, 6.07) is 44.0. The summed E-state index contributed by atoms with van der Waals surface area (Å²) in [5.41, 5.74) is 2.36. The van der Waals surface area contributed by atoms with E-state index in [1.165, 1.54) is 4.57 Å². The number of cyclic esters (lactones) is 1. The number of rotatable bonds is 14. The third-order valence-electron chi connectivity index (χ3n) is 9.47. The molecular formula is C43H40N2O7S. The molecule has 9 nitrogen and oxygen atoms in total. The standard InChI is InChI=1S/C43H40N2O7S/c1-30(44-27-38(52-41(44)47)29-51-37-24-22-35(49-2)23-25-37)28-50-36-20-18-31(19-21-36)26-39-40(46)45(42(48)53-39)43(32-12-6-3-7-13-32,33-14-8-4-9-15-33)34-16-10-5-11-17-34/h3-25,30,38,46H,26-29H2,1-2H3. The lowest BCUT2D eigenvalue weighted by Crippen LogP contribution is -2.42. The van der Waals surface area contributed by atoms with Gasteiger partial charge in [-0.1, -0.05) is 114 Å². The third-order valence-corrected chi connectivity index (χ3v) is 10.4. The van der Waals surface area contributed by atoms with Crippen LogP contribution in [-0.4, -0.2) is 59.7 Å². The van der Waals surface area contributed by atoms with Crippen LogP contribution in [0.2, 0.25) is 0 Å². The van der Waals surface area contributed by atoms with Crippen LogP contribution in [0.4, 0.5) is 4.79 Å². The molecule has 1 N–H and O–H groups in total. The highest BCUT2D eigenvalue weighted by Gasteiger charge is 2.42. The molecule has 270 valence electrons. The van der Waals surface area contributed by atoms with Crippen LogP contribution in [-0.2, 0) is 16.7 Å². The normalized spacial score (nSPS) is 14.8. The van der Waals surface area contributed by atoms with E-state index in [9.17, 15) is 14.7 Å². The largest absolute Gasteiger partial charge is 0.497 e. The smallest absolute Gasteiger partial charge is 0.410 e. The Balaban J connectivity index is 1.04. The van der Waals surface area contributed by atoms with E-state index in [1.54, 1.807) is 12.0 Å². The number of methoxy groups -OCH3 is 1. The Morgan fingerprint density at radius 1 is 0.755 bits per heavy atom.